The second-order valence-corrected chi connectivity index (χ2v) is 7.16. The van der Waals surface area contributed by atoms with Crippen molar-refractivity contribution in [2.24, 2.45) is 0 Å². The van der Waals surface area contributed by atoms with E-state index < -0.39 is 0 Å². The predicted octanol–water partition coefficient (Wildman–Crippen LogP) is 5.31. The molecule has 1 unspecified atom stereocenters. The average molecular weight is 418 g/mol. The van der Waals surface area contributed by atoms with Crippen LogP contribution in [0.2, 0.25) is 5.02 Å². The Kier molecular flexibility index (Phi) is 8.80. The van der Waals surface area contributed by atoms with Crippen LogP contribution in [0.4, 0.5) is 17.1 Å². The van der Waals surface area contributed by atoms with Gasteiger partial charge in [0.15, 0.2) is 0 Å². The van der Waals surface area contributed by atoms with Crippen LogP contribution in [-0.4, -0.2) is 24.5 Å². The van der Waals surface area contributed by atoms with Crippen LogP contribution < -0.4 is 20.7 Å². The zero-order valence-corrected chi connectivity index (χ0v) is 17.8. The average Bonchev–Trinajstić information content (AvgIpc) is 2.70. The van der Waals surface area contributed by atoms with Crippen LogP contribution in [0.1, 0.15) is 40.0 Å². The van der Waals surface area contributed by atoms with Crippen molar-refractivity contribution in [1.29, 1.82) is 0 Å². The molecule has 0 aromatic heterocycles. The third-order valence-corrected chi connectivity index (χ3v) is 4.55. The predicted molar refractivity (Wildman–Crippen MR) is 119 cm³/mol. The lowest BCUT2D eigenvalue weighted by atomic mass is 10.2. The molecule has 156 valence electrons. The minimum atomic E-state index is -0.211. The third kappa shape index (κ3) is 7.66. The van der Waals surface area contributed by atoms with E-state index in [0.29, 0.717) is 28.5 Å². The number of nitrogens with one attached hydrogen (secondary N) is 3. The molecule has 0 radical (unpaired) electrons. The van der Waals surface area contributed by atoms with Gasteiger partial charge in [-0.25, -0.2) is 0 Å². The first-order chi connectivity index (χ1) is 13.9. The Morgan fingerprint density at radius 2 is 1.66 bits per heavy atom. The Balaban J connectivity index is 1.89. The number of amides is 2. The van der Waals surface area contributed by atoms with Crippen molar-refractivity contribution in [1.82, 2.24) is 0 Å². The first kappa shape index (κ1) is 22.6. The number of carbonyl (C=O) groups excluding carboxylic acids is 2. The van der Waals surface area contributed by atoms with Gasteiger partial charge in [-0.1, -0.05) is 25.4 Å². The minimum absolute atomic E-state index is 0.0389. The van der Waals surface area contributed by atoms with Gasteiger partial charge in [0.05, 0.1) is 23.4 Å². The molecule has 0 aliphatic rings. The molecule has 0 saturated heterocycles. The molecule has 1 atom stereocenters. The summed E-state index contributed by atoms with van der Waals surface area (Å²) < 4.78 is 5.73. The highest BCUT2D eigenvalue weighted by atomic mass is 35.5. The quantitative estimate of drug-likeness (QED) is 0.489. The fourth-order valence-electron chi connectivity index (χ4n) is 2.50. The highest BCUT2D eigenvalue weighted by Gasteiger charge is 2.08. The van der Waals surface area contributed by atoms with E-state index in [1.165, 1.54) is 0 Å². The van der Waals surface area contributed by atoms with Crippen molar-refractivity contribution in [3.05, 3.63) is 47.5 Å². The minimum Gasteiger partial charge on any atom is -0.491 e. The Morgan fingerprint density at radius 3 is 2.31 bits per heavy atom. The molecule has 0 bridgehead atoms. The number of ether oxygens (including phenoxy) is 1. The normalized spacial score (nSPS) is 11.4. The molecule has 0 fully saturated rings. The van der Waals surface area contributed by atoms with Crippen molar-refractivity contribution < 1.29 is 14.3 Å². The van der Waals surface area contributed by atoms with E-state index >= 15 is 0 Å². The van der Waals surface area contributed by atoms with Crippen molar-refractivity contribution in [3.8, 4) is 5.75 Å². The fourth-order valence-corrected chi connectivity index (χ4v) is 2.69. The number of hydrogen-bond acceptors (Lipinski definition) is 4. The maximum atomic E-state index is 12.2. The third-order valence-electron chi connectivity index (χ3n) is 4.22. The summed E-state index contributed by atoms with van der Waals surface area (Å²) in [6, 6.07) is 12.4. The van der Waals surface area contributed by atoms with E-state index in [1.54, 1.807) is 30.3 Å². The molecule has 0 heterocycles. The zero-order valence-electron chi connectivity index (χ0n) is 17.0. The summed E-state index contributed by atoms with van der Waals surface area (Å²) in [4.78, 5) is 24.0. The first-order valence-electron chi connectivity index (χ1n) is 9.81. The van der Waals surface area contributed by atoms with Gasteiger partial charge in [-0.3, -0.25) is 9.59 Å². The lowest BCUT2D eigenvalue weighted by Gasteiger charge is -2.13. The Bertz CT molecular complexity index is 825. The van der Waals surface area contributed by atoms with Crippen molar-refractivity contribution in [2.75, 3.05) is 22.5 Å². The number of hydrogen-bond donors (Lipinski definition) is 3. The molecule has 0 aliphatic heterocycles. The number of carbonyl (C=O) groups is 2. The summed E-state index contributed by atoms with van der Waals surface area (Å²) in [5.41, 5.74) is 1.89. The van der Waals surface area contributed by atoms with Gasteiger partial charge < -0.3 is 20.7 Å². The van der Waals surface area contributed by atoms with Crippen LogP contribution in [0.5, 0.6) is 5.75 Å². The molecule has 3 N–H and O–H groups in total. The Labute approximate surface area is 177 Å². The number of rotatable bonds is 10. The molecule has 0 aliphatic carbocycles. The molecule has 0 saturated carbocycles. The summed E-state index contributed by atoms with van der Waals surface area (Å²) >= 11 is 6.19. The molecule has 2 aromatic carbocycles. The maximum absolute atomic E-state index is 12.2. The van der Waals surface area contributed by atoms with E-state index in [4.69, 9.17) is 16.3 Å². The van der Waals surface area contributed by atoms with Crippen LogP contribution in [-0.2, 0) is 9.59 Å². The van der Waals surface area contributed by atoms with Crippen molar-refractivity contribution >= 4 is 40.5 Å². The SMILES string of the molecule is CCCC(=O)Nc1ccc(Cl)c(NCC(=O)Nc2ccc(OC(C)CC)cc2)c1. The van der Waals surface area contributed by atoms with Gasteiger partial charge in [-0.2, -0.15) is 0 Å². The van der Waals surface area contributed by atoms with Gasteiger partial charge in [0.2, 0.25) is 11.8 Å². The number of benzene rings is 2. The monoisotopic (exact) mass is 417 g/mol. The van der Waals surface area contributed by atoms with Crippen LogP contribution in [0.15, 0.2) is 42.5 Å². The van der Waals surface area contributed by atoms with Crippen molar-refractivity contribution in [3.63, 3.8) is 0 Å². The van der Waals surface area contributed by atoms with Gasteiger partial charge >= 0.3 is 0 Å². The molecule has 6 nitrogen and oxygen atoms in total. The van der Waals surface area contributed by atoms with E-state index in [0.717, 1.165) is 18.6 Å². The molecular formula is C22H28ClN3O3. The highest BCUT2D eigenvalue weighted by molar-refractivity contribution is 6.33. The van der Waals surface area contributed by atoms with E-state index in [-0.39, 0.29) is 24.5 Å². The summed E-state index contributed by atoms with van der Waals surface area (Å²) in [6.45, 7) is 6.06. The van der Waals surface area contributed by atoms with Gasteiger partial charge in [0, 0.05) is 17.8 Å². The highest BCUT2D eigenvalue weighted by Crippen LogP contribution is 2.25. The summed E-state index contributed by atoms with van der Waals surface area (Å²) in [6.07, 6.45) is 2.30. The molecule has 0 spiro atoms. The summed E-state index contributed by atoms with van der Waals surface area (Å²) in [5, 5.41) is 9.10. The van der Waals surface area contributed by atoms with Crippen LogP contribution in [0, 0.1) is 0 Å². The summed E-state index contributed by atoms with van der Waals surface area (Å²) in [5.74, 6) is 0.501. The van der Waals surface area contributed by atoms with Crippen LogP contribution >= 0.6 is 11.6 Å². The van der Waals surface area contributed by atoms with E-state index in [2.05, 4.69) is 22.9 Å². The molecule has 2 aromatic rings. The van der Waals surface area contributed by atoms with Crippen LogP contribution in [0.3, 0.4) is 0 Å². The topological polar surface area (TPSA) is 79.5 Å². The first-order valence-corrected chi connectivity index (χ1v) is 10.2. The molecular weight excluding hydrogens is 390 g/mol. The van der Waals surface area contributed by atoms with Gasteiger partial charge in [-0.15, -0.1) is 0 Å². The van der Waals surface area contributed by atoms with Gasteiger partial charge in [-0.05, 0) is 62.2 Å². The second kappa shape index (κ2) is 11.3. The Hall–Kier alpha value is -2.73. The van der Waals surface area contributed by atoms with E-state index in [1.807, 2.05) is 26.0 Å². The van der Waals surface area contributed by atoms with Gasteiger partial charge in [0.1, 0.15) is 5.75 Å². The van der Waals surface area contributed by atoms with Crippen molar-refractivity contribution in [2.45, 2.75) is 46.1 Å². The molecule has 7 heteroatoms. The smallest absolute Gasteiger partial charge is 0.243 e. The molecule has 29 heavy (non-hydrogen) atoms. The molecule has 2 amide bonds. The second-order valence-electron chi connectivity index (χ2n) is 6.76. The zero-order chi connectivity index (χ0) is 21.2. The maximum Gasteiger partial charge on any atom is 0.243 e. The lowest BCUT2D eigenvalue weighted by Crippen LogP contribution is -2.22. The number of anilines is 3. The molecule has 2 rings (SSSR count). The standard InChI is InChI=1S/C22H28ClN3O3/c1-4-6-21(27)26-17-9-12-19(23)20(13-17)24-14-22(28)25-16-7-10-18(11-8-16)29-15(3)5-2/h7-13,15,24H,4-6,14H2,1-3H3,(H,25,28)(H,26,27). The van der Waals surface area contributed by atoms with E-state index in [9.17, 15) is 9.59 Å². The van der Waals surface area contributed by atoms with Gasteiger partial charge in [0.25, 0.3) is 0 Å². The number of halogens is 1. The Morgan fingerprint density at radius 1 is 1.00 bits per heavy atom. The largest absolute Gasteiger partial charge is 0.491 e. The fraction of sp³-hybridized carbons (Fsp3) is 0.364. The summed E-state index contributed by atoms with van der Waals surface area (Å²) in [7, 11) is 0. The van der Waals surface area contributed by atoms with Crippen LogP contribution in [0.25, 0.3) is 0 Å². The lowest BCUT2D eigenvalue weighted by molar-refractivity contribution is -0.116.